The van der Waals surface area contributed by atoms with Crippen LogP contribution in [0.15, 0.2) is 18.3 Å². The number of rotatable bonds is 4. The van der Waals surface area contributed by atoms with Gasteiger partial charge in [0.1, 0.15) is 5.69 Å². The quantitative estimate of drug-likeness (QED) is 0.679. The summed E-state index contributed by atoms with van der Waals surface area (Å²) in [7, 11) is 0. The van der Waals surface area contributed by atoms with E-state index in [2.05, 4.69) is 15.6 Å². The van der Waals surface area contributed by atoms with Crippen LogP contribution >= 0.6 is 0 Å². The van der Waals surface area contributed by atoms with Crippen molar-refractivity contribution in [2.75, 3.05) is 13.1 Å². The maximum absolute atomic E-state index is 11.8. The van der Waals surface area contributed by atoms with Crippen LogP contribution in [0.3, 0.4) is 0 Å². The molecule has 1 aliphatic heterocycles. The fourth-order valence-electron chi connectivity index (χ4n) is 1.91. The monoisotopic (exact) mass is 248 g/mol. The summed E-state index contributed by atoms with van der Waals surface area (Å²) in [5, 5.41) is 6.10. The van der Waals surface area contributed by atoms with E-state index in [4.69, 9.17) is 5.73 Å². The minimum Gasteiger partial charge on any atom is -0.366 e. The standard InChI is InChI=1S/C12H16N4O2/c13-11(17)8-3-4-10(15-6-8)12(18)16-7-9-2-1-5-14-9/h3-4,6,9,14H,1-2,5,7H2,(H2,13,17)(H,16,18). The molecule has 18 heavy (non-hydrogen) atoms. The third-order valence-electron chi connectivity index (χ3n) is 2.95. The van der Waals surface area contributed by atoms with Crippen molar-refractivity contribution in [1.82, 2.24) is 15.6 Å². The minimum atomic E-state index is -0.551. The zero-order chi connectivity index (χ0) is 13.0. The fourth-order valence-corrected chi connectivity index (χ4v) is 1.91. The Morgan fingerprint density at radius 1 is 1.50 bits per heavy atom. The molecule has 1 unspecified atom stereocenters. The molecule has 1 aromatic heterocycles. The molecule has 2 rings (SSSR count). The highest BCUT2D eigenvalue weighted by atomic mass is 16.2. The second kappa shape index (κ2) is 5.59. The molecule has 6 heteroatoms. The average molecular weight is 248 g/mol. The maximum Gasteiger partial charge on any atom is 0.269 e. The Balaban J connectivity index is 1.89. The van der Waals surface area contributed by atoms with Gasteiger partial charge in [0.05, 0.1) is 5.56 Å². The molecule has 0 aromatic carbocycles. The number of amides is 2. The molecule has 0 radical (unpaired) electrons. The summed E-state index contributed by atoms with van der Waals surface area (Å²) in [6.07, 6.45) is 3.53. The lowest BCUT2D eigenvalue weighted by atomic mass is 10.2. The minimum absolute atomic E-state index is 0.236. The lowest BCUT2D eigenvalue weighted by Gasteiger charge is -2.11. The molecule has 0 aliphatic carbocycles. The normalized spacial score (nSPS) is 18.6. The lowest BCUT2D eigenvalue weighted by molar-refractivity contribution is 0.0942. The van der Waals surface area contributed by atoms with E-state index in [1.807, 2.05) is 0 Å². The van der Waals surface area contributed by atoms with Gasteiger partial charge in [-0.15, -0.1) is 0 Å². The first-order valence-corrected chi connectivity index (χ1v) is 5.94. The van der Waals surface area contributed by atoms with Crippen molar-refractivity contribution < 1.29 is 9.59 Å². The van der Waals surface area contributed by atoms with Gasteiger partial charge in [-0.25, -0.2) is 0 Å². The summed E-state index contributed by atoms with van der Waals surface area (Å²) < 4.78 is 0. The molecule has 2 amide bonds. The topological polar surface area (TPSA) is 97.1 Å². The number of hydrogen-bond acceptors (Lipinski definition) is 4. The molecule has 2 heterocycles. The number of primary amides is 1. The van der Waals surface area contributed by atoms with Crippen LogP contribution < -0.4 is 16.4 Å². The first kappa shape index (κ1) is 12.5. The summed E-state index contributed by atoms with van der Waals surface area (Å²) in [5.41, 5.74) is 5.68. The number of hydrogen-bond donors (Lipinski definition) is 3. The van der Waals surface area contributed by atoms with E-state index < -0.39 is 5.91 Å². The Morgan fingerprint density at radius 2 is 2.33 bits per heavy atom. The summed E-state index contributed by atoms with van der Waals surface area (Å²) in [6.45, 7) is 1.60. The third kappa shape index (κ3) is 3.04. The number of carbonyl (C=O) groups is 2. The molecule has 4 N–H and O–H groups in total. The number of aromatic nitrogens is 1. The van der Waals surface area contributed by atoms with Crippen molar-refractivity contribution in [2.24, 2.45) is 5.73 Å². The molecule has 0 spiro atoms. The van der Waals surface area contributed by atoms with Gasteiger partial charge in [0, 0.05) is 18.8 Å². The van der Waals surface area contributed by atoms with Crippen LogP contribution in [0.2, 0.25) is 0 Å². The van der Waals surface area contributed by atoms with Gasteiger partial charge >= 0.3 is 0 Å². The largest absolute Gasteiger partial charge is 0.366 e. The number of nitrogens with one attached hydrogen (secondary N) is 2. The van der Waals surface area contributed by atoms with Crippen molar-refractivity contribution in [3.05, 3.63) is 29.6 Å². The SMILES string of the molecule is NC(=O)c1ccc(C(=O)NCC2CCCN2)nc1. The van der Waals surface area contributed by atoms with Gasteiger partial charge in [0.25, 0.3) is 5.91 Å². The smallest absolute Gasteiger partial charge is 0.269 e. The molecule has 6 nitrogen and oxygen atoms in total. The molecule has 1 fully saturated rings. The van der Waals surface area contributed by atoms with E-state index in [0.29, 0.717) is 18.2 Å². The number of pyridine rings is 1. The van der Waals surface area contributed by atoms with Crippen molar-refractivity contribution >= 4 is 11.8 Å². The Labute approximate surface area is 105 Å². The molecule has 0 saturated carbocycles. The van der Waals surface area contributed by atoms with Crippen LogP contribution in [0.5, 0.6) is 0 Å². The molecule has 1 aliphatic rings. The van der Waals surface area contributed by atoms with Gasteiger partial charge in [-0.3, -0.25) is 14.6 Å². The summed E-state index contributed by atoms with van der Waals surface area (Å²) in [4.78, 5) is 26.5. The summed E-state index contributed by atoms with van der Waals surface area (Å²) in [5.74, 6) is -0.788. The summed E-state index contributed by atoms with van der Waals surface area (Å²) >= 11 is 0. The Bertz CT molecular complexity index is 438. The second-order valence-corrected chi connectivity index (χ2v) is 4.30. The highest BCUT2D eigenvalue weighted by molar-refractivity contribution is 5.95. The molecular weight excluding hydrogens is 232 g/mol. The number of nitrogens with zero attached hydrogens (tertiary/aromatic N) is 1. The van der Waals surface area contributed by atoms with Crippen LogP contribution in [-0.4, -0.2) is 35.9 Å². The van der Waals surface area contributed by atoms with Crippen molar-refractivity contribution in [1.29, 1.82) is 0 Å². The molecule has 1 aromatic rings. The van der Waals surface area contributed by atoms with Crippen LogP contribution in [-0.2, 0) is 0 Å². The summed E-state index contributed by atoms with van der Waals surface area (Å²) in [6, 6.07) is 3.34. The van der Waals surface area contributed by atoms with Gasteiger partial charge in [0.15, 0.2) is 0 Å². The molecule has 1 atom stereocenters. The van der Waals surface area contributed by atoms with Crippen LogP contribution in [0, 0.1) is 0 Å². The predicted octanol–water partition coefficient (Wildman–Crippen LogP) is -0.338. The molecule has 0 bridgehead atoms. The van der Waals surface area contributed by atoms with E-state index in [1.165, 1.54) is 18.3 Å². The van der Waals surface area contributed by atoms with E-state index in [0.717, 1.165) is 19.4 Å². The molecular formula is C12H16N4O2. The van der Waals surface area contributed by atoms with E-state index >= 15 is 0 Å². The Kier molecular flexibility index (Phi) is 3.88. The number of nitrogens with two attached hydrogens (primary N) is 1. The predicted molar refractivity (Wildman–Crippen MR) is 66.1 cm³/mol. The van der Waals surface area contributed by atoms with Crippen molar-refractivity contribution in [3.8, 4) is 0 Å². The van der Waals surface area contributed by atoms with Gasteiger partial charge in [-0.2, -0.15) is 0 Å². The number of carbonyl (C=O) groups excluding carboxylic acids is 2. The van der Waals surface area contributed by atoms with Crippen molar-refractivity contribution in [2.45, 2.75) is 18.9 Å². The van der Waals surface area contributed by atoms with E-state index in [9.17, 15) is 9.59 Å². The molecule has 96 valence electrons. The highest BCUT2D eigenvalue weighted by Crippen LogP contribution is 2.04. The van der Waals surface area contributed by atoms with Gasteiger partial charge in [-0.05, 0) is 31.5 Å². The van der Waals surface area contributed by atoms with Gasteiger partial charge < -0.3 is 16.4 Å². The van der Waals surface area contributed by atoms with Crippen LogP contribution in [0.1, 0.15) is 33.7 Å². The zero-order valence-corrected chi connectivity index (χ0v) is 9.98. The third-order valence-corrected chi connectivity index (χ3v) is 2.95. The zero-order valence-electron chi connectivity index (χ0n) is 9.98. The van der Waals surface area contributed by atoms with Gasteiger partial charge in [-0.1, -0.05) is 0 Å². The fraction of sp³-hybridized carbons (Fsp3) is 0.417. The van der Waals surface area contributed by atoms with Crippen molar-refractivity contribution in [3.63, 3.8) is 0 Å². The first-order chi connectivity index (χ1) is 8.66. The Morgan fingerprint density at radius 3 is 2.89 bits per heavy atom. The maximum atomic E-state index is 11.8. The van der Waals surface area contributed by atoms with Crippen LogP contribution in [0.25, 0.3) is 0 Å². The van der Waals surface area contributed by atoms with E-state index in [1.54, 1.807) is 0 Å². The molecule has 1 saturated heterocycles. The van der Waals surface area contributed by atoms with Gasteiger partial charge in [0.2, 0.25) is 5.91 Å². The first-order valence-electron chi connectivity index (χ1n) is 5.94. The van der Waals surface area contributed by atoms with Crippen LogP contribution in [0.4, 0.5) is 0 Å². The Hall–Kier alpha value is -1.95. The lowest BCUT2D eigenvalue weighted by Crippen LogP contribution is -2.37. The second-order valence-electron chi connectivity index (χ2n) is 4.30. The van der Waals surface area contributed by atoms with E-state index in [-0.39, 0.29) is 11.6 Å². The highest BCUT2D eigenvalue weighted by Gasteiger charge is 2.15. The average Bonchev–Trinajstić information content (AvgIpc) is 2.89.